The summed E-state index contributed by atoms with van der Waals surface area (Å²) in [5.74, 6) is -0.479. The minimum Gasteiger partial charge on any atom is -0.360 e. The number of hydrogen-bond acceptors (Lipinski definition) is 4. The number of rotatable bonds is 5. The number of aromatic nitrogens is 1. The molecule has 2 amide bonds. The van der Waals surface area contributed by atoms with Crippen molar-refractivity contribution in [1.82, 2.24) is 10.5 Å². The molecular weight excluding hydrogens is 414 g/mol. The van der Waals surface area contributed by atoms with Gasteiger partial charge in [0.2, 0.25) is 0 Å². The van der Waals surface area contributed by atoms with Gasteiger partial charge < -0.3 is 9.84 Å². The van der Waals surface area contributed by atoms with E-state index in [-0.39, 0.29) is 17.7 Å². The highest BCUT2D eigenvalue weighted by molar-refractivity contribution is 6.33. The molecule has 31 heavy (non-hydrogen) atoms. The highest BCUT2D eigenvalue weighted by Crippen LogP contribution is 2.30. The topological polar surface area (TPSA) is 84.6 Å². The number of nitrogens with zero attached hydrogens (tertiary/aromatic N) is 2. The quantitative estimate of drug-likeness (QED) is 0.666. The molecule has 1 aliphatic heterocycles. The van der Waals surface area contributed by atoms with Crippen LogP contribution in [0.15, 0.2) is 45.9 Å². The molecule has 2 heterocycles. The number of carbonyl (C=O) groups excluding carboxylic acids is 2. The van der Waals surface area contributed by atoms with E-state index in [4.69, 9.17) is 16.1 Å². The largest absolute Gasteiger partial charge is 0.360 e. The van der Waals surface area contributed by atoms with Crippen molar-refractivity contribution < 1.29 is 14.1 Å². The van der Waals surface area contributed by atoms with Crippen LogP contribution in [-0.4, -0.2) is 23.5 Å². The van der Waals surface area contributed by atoms with E-state index in [1.165, 1.54) is 0 Å². The van der Waals surface area contributed by atoms with Crippen LogP contribution in [0.25, 0.3) is 17.3 Å². The van der Waals surface area contributed by atoms with E-state index in [1.807, 2.05) is 44.2 Å². The Morgan fingerprint density at radius 1 is 1.16 bits per heavy atom. The van der Waals surface area contributed by atoms with Gasteiger partial charge >= 0.3 is 0 Å². The SMILES string of the molecule is Cc1cc2c(cc1C)=NC(=O)C(CCNC(=O)c1c(-c3ccccc3Cl)noc1C)C=2. The Morgan fingerprint density at radius 3 is 2.68 bits per heavy atom. The first kappa shape index (κ1) is 21.0. The number of fused-ring (bicyclic) bond motifs is 1. The normalized spacial score (nSPS) is 15.1. The molecule has 0 fully saturated rings. The minimum atomic E-state index is -0.374. The third-order valence-corrected chi connectivity index (χ3v) is 5.86. The van der Waals surface area contributed by atoms with Gasteiger partial charge in [0, 0.05) is 12.1 Å². The standard InChI is InChI=1S/C24H22ClN3O3/c1-13-10-17-12-16(23(29)27-20(17)11-14(13)2)8-9-26-24(30)21-15(3)31-28-22(21)18-6-4-5-7-19(18)25/h4-7,10-12,16H,8-9H2,1-3H3,(H,26,30). The van der Waals surface area contributed by atoms with E-state index in [1.54, 1.807) is 19.1 Å². The third-order valence-electron chi connectivity index (χ3n) is 5.53. The van der Waals surface area contributed by atoms with Crippen LogP contribution in [-0.2, 0) is 4.79 Å². The summed E-state index contributed by atoms with van der Waals surface area (Å²) in [6, 6.07) is 11.1. The molecule has 6 nitrogen and oxygen atoms in total. The van der Waals surface area contributed by atoms with Crippen molar-refractivity contribution in [2.75, 3.05) is 6.54 Å². The van der Waals surface area contributed by atoms with Crippen LogP contribution in [0.2, 0.25) is 5.02 Å². The molecule has 4 rings (SSSR count). The molecule has 1 atom stereocenters. The summed E-state index contributed by atoms with van der Waals surface area (Å²) in [6.07, 6.45) is 2.38. The first-order chi connectivity index (χ1) is 14.8. The Labute approximate surface area is 184 Å². The second-order valence-electron chi connectivity index (χ2n) is 7.71. The highest BCUT2D eigenvalue weighted by Gasteiger charge is 2.24. The molecule has 2 aromatic carbocycles. The molecule has 1 aromatic heterocycles. The highest BCUT2D eigenvalue weighted by atomic mass is 35.5. The molecule has 3 aromatic rings. The average molecular weight is 436 g/mol. The summed E-state index contributed by atoms with van der Waals surface area (Å²) < 4.78 is 5.25. The van der Waals surface area contributed by atoms with Crippen LogP contribution in [0.1, 0.15) is 33.7 Å². The molecular formula is C24H22ClN3O3. The monoisotopic (exact) mass is 435 g/mol. The molecule has 1 N–H and O–H groups in total. The number of carbonyl (C=O) groups is 2. The predicted molar refractivity (Wildman–Crippen MR) is 118 cm³/mol. The van der Waals surface area contributed by atoms with Gasteiger partial charge in [-0.05, 0) is 61.7 Å². The smallest absolute Gasteiger partial charge is 0.257 e. The zero-order valence-electron chi connectivity index (χ0n) is 17.5. The van der Waals surface area contributed by atoms with Gasteiger partial charge in [0.05, 0.1) is 16.3 Å². The van der Waals surface area contributed by atoms with Crippen molar-refractivity contribution in [2.24, 2.45) is 10.9 Å². The fraction of sp³-hybridized carbons (Fsp3) is 0.250. The van der Waals surface area contributed by atoms with E-state index in [0.29, 0.717) is 45.9 Å². The second-order valence-corrected chi connectivity index (χ2v) is 8.11. The summed E-state index contributed by atoms with van der Waals surface area (Å²) in [7, 11) is 0. The number of nitrogens with one attached hydrogen (secondary N) is 1. The van der Waals surface area contributed by atoms with Gasteiger partial charge in [0.15, 0.2) is 0 Å². The lowest BCUT2D eigenvalue weighted by Gasteiger charge is -2.14. The van der Waals surface area contributed by atoms with Crippen molar-refractivity contribution >= 4 is 29.5 Å². The number of hydrogen-bond donors (Lipinski definition) is 1. The Hall–Kier alpha value is -3.25. The molecule has 1 unspecified atom stereocenters. The number of benzene rings is 2. The van der Waals surface area contributed by atoms with E-state index in [2.05, 4.69) is 15.5 Å². The van der Waals surface area contributed by atoms with Crippen LogP contribution in [0.4, 0.5) is 0 Å². The van der Waals surface area contributed by atoms with Crippen LogP contribution in [0.3, 0.4) is 0 Å². The van der Waals surface area contributed by atoms with E-state index < -0.39 is 0 Å². The molecule has 0 saturated carbocycles. The lowest BCUT2D eigenvalue weighted by molar-refractivity contribution is -0.120. The number of amides is 2. The summed E-state index contributed by atoms with van der Waals surface area (Å²) in [5.41, 5.74) is 3.63. The zero-order valence-corrected chi connectivity index (χ0v) is 18.3. The Morgan fingerprint density at radius 2 is 1.90 bits per heavy atom. The van der Waals surface area contributed by atoms with Gasteiger partial charge in [-0.15, -0.1) is 0 Å². The van der Waals surface area contributed by atoms with Crippen LogP contribution < -0.4 is 15.9 Å². The van der Waals surface area contributed by atoms with Gasteiger partial charge in [-0.1, -0.05) is 41.0 Å². The molecule has 0 radical (unpaired) electrons. The first-order valence-corrected chi connectivity index (χ1v) is 10.4. The molecule has 0 aliphatic carbocycles. The maximum atomic E-state index is 12.9. The fourth-order valence-electron chi connectivity index (χ4n) is 3.66. The maximum Gasteiger partial charge on any atom is 0.257 e. The zero-order chi connectivity index (χ0) is 22.1. The van der Waals surface area contributed by atoms with Crippen molar-refractivity contribution in [3.05, 3.63) is 74.4 Å². The Bertz CT molecular complexity index is 1310. The number of aryl methyl sites for hydroxylation is 3. The van der Waals surface area contributed by atoms with E-state index in [9.17, 15) is 9.59 Å². The Balaban J connectivity index is 1.49. The lowest BCUT2D eigenvalue weighted by atomic mass is 9.98. The van der Waals surface area contributed by atoms with Crippen molar-refractivity contribution in [1.29, 1.82) is 0 Å². The maximum absolute atomic E-state index is 12.9. The molecule has 0 saturated heterocycles. The molecule has 158 valence electrons. The third kappa shape index (κ3) is 4.16. The van der Waals surface area contributed by atoms with Crippen LogP contribution in [0, 0.1) is 26.7 Å². The van der Waals surface area contributed by atoms with Gasteiger partial charge in [-0.3, -0.25) is 9.59 Å². The lowest BCUT2D eigenvalue weighted by Crippen LogP contribution is -2.36. The minimum absolute atomic E-state index is 0.192. The van der Waals surface area contributed by atoms with Crippen LogP contribution in [0.5, 0.6) is 0 Å². The second kappa shape index (κ2) is 8.47. The summed E-state index contributed by atoms with van der Waals surface area (Å²) >= 11 is 6.26. The van der Waals surface area contributed by atoms with Gasteiger partial charge in [-0.2, -0.15) is 0 Å². The van der Waals surface area contributed by atoms with Crippen molar-refractivity contribution in [3.8, 4) is 11.3 Å². The van der Waals surface area contributed by atoms with Crippen LogP contribution >= 0.6 is 11.6 Å². The summed E-state index contributed by atoms with van der Waals surface area (Å²) in [6.45, 7) is 6.03. The van der Waals surface area contributed by atoms with Crippen molar-refractivity contribution in [3.63, 3.8) is 0 Å². The first-order valence-electron chi connectivity index (χ1n) is 10.1. The predicted octanol–water partition coefficient (Wildman–Crippen LogP) is 3.30. The molecule has 1 aliphatic rings. The fourth-order valence-corrected chi connectivity index (χ4v) is 3.88. The van der Waals surface area contributed by atoms with E-state index >= 15 is 0 Å². The number of halogens is 1. The Kier molecular flexibility index (Phi) is 5.74. The van der Waals surface area contributed by atoms with Gasteiger partial charge in [0.25, 0.3) is 11.8 Å². The van der Waals surface area contributed by atoms with E-state index in [0.717, 1.165) is 16.3 Å². The van der Waals surface area contributed by atoms with Gasteiger partial charge in [0.1, 0.15) is 17.0 Å². The average Bonchev–Trinajstić information content (AvgIpc) is 3.11. The summed E-state index contributed by atoms with van der Waals surface area (Å²) in [5, 5.41) is 9.04. The molecule has 0 bridgehead atoms. The molecule has 7 heteroatoms. The van der Waals surface area contributed by atoms with Gasteiger partial charge in [-0.25, -0.2) is 4.99 Å². The summed E-state index contributed by atoms with van der Waals surface area (Å²) in [4.78, 5) is 29.5. The molecule has 0 spiro atoms. The van der Waals surface area contributed by atoms with Crippen molar-refractivity contribution in [2.45, 2.75) is 27.2 Å².